The summed E-state index contributed by atoms with van der Waals surface area (Å²) >= 11 is 5.89. The van der Waals surface area contributed by atoms with Gasteiger partial charge in [-0.3, -0.25) is 14.5 Å². The first-order valence-corrected chi connectivity index (χ1v) is 9.11. The minimum Gasteiger partial charge on any atom is -0.361 e. The third kappa shape index (κ3) is 3.57. The number of amides is 4. The molecule has 1 saturated heterocycles. The first kappa shape index (κ1) is 18.1. The van der Waals surface area contributed by atoms with Crippen molar-refractivity contribution in [1.29, 1.82) is 0 Å². The van der Waals surface area contributed by atoms with E-state index in [0.717, 1.165) is 21.4 Å². The highest BCUT2D eigenvalue weighted by molar-refractivity contribution is 6.30. The number of hydrogen-bond acceptors (Lipinski definition) is 3. The summed E-state index contributed by atoms with van der Waals surface area (Å²) in [6, 6.07) is 13.1. The number of anilines is 1. The number of rotatable bonds is 5. The Kier molecular flexibility index (Phi) is 4.75. The summed E-state index contributed by atoms with van der Waals surface area (Å²) in [7, 11) is 0. The molecule has 7 nitrogen and oxygen atoms in total. The smallest absolute Gasteiger partial charge is 0.325 e. The monoisotopic (exact) mass is 396 g/mol. The number of fused-ring (bicyclic) bond motifs is 1. The van der Waals surface area contributed by atoms with Crippen molar-refractivity contribution >= 4 is 46.0 Å². The predicted molar refractivity (Wildman–Crippen MR) is 106 cm³/mol. The second-order valence-electron chi connectivity index (χ2n) is 6.55. The van der Waals surface area contributed by atoms with Crippen LogP contribution in [0.1, 0.15) is 5.56 Å². The maximum absolute atomic E-state index is 12.7. The van der Waals surface area contributed by atoms with Crippen LogP contribution >= 0.6 is 11.6 Å². The van der Waals surface area contributed by atoms with E-state index in [2.05, 4.69) is 15.6 Å². The Bertz CT molecular complexity index is 1080. The van der Waals surface area contributed by atoms with E-state index in [1.807, 2.05) is 30.5 Å². The molecule has 142 valence electrons. The van der Waals surface area contributed by atoms with Crippen molar-refractivity contribution in [2.75, 3.05) is 11.9 Å². The van der Waals surface area contributed by atoms with Gasteiger partial charge in [0.25, 0.3) is 5.91 Å². The molecule has 0 spiro atoms. The number of H-pyrrole nitrogens is 1. The number of aromatic nitrogens is 1. The molecule has 1 fully saturated rings. The Balaban J connectivity index is 1.43. The Hall–Kier alpha value is -3.32. The molecule has 1 unspecified atom stereocenters. The van der Waals surface area contributed by atoms with Gasteiger partial charge < -0.3 is 15.6 Å². The average molecular weight is 397 g/mol. The number of aromatic amines is 1. The van der Waals surface area contributed by atoms with E-state index in [9.17, 15) is 14.4 Å². The van der Waals surface area contributed by atoms with Gasteiger partial charge >= 0.3 is 6.03 Å². The summed E-state index contributed by atoms with van der Waals surface area (Å²) < 4.78 is 0. The average Bonchev–Trinajstić information content (AvgIpc) is 3.18. The molecule has 2 heterocycles. The van der Waals surface area contributed by atoms with Crippen LogP contribution in [-0.2, 0) is 16.0 Å². The molecule has 1 aliphatic rings. The summed E-state index contributed by atoms with van der Waals surface area (Å²) in [4.78, 5) is 41.2. The lowest BCUT2D eigenvalue weighted by atomic mass is 10.1. The molecular formula is C20H17ClN4O3. The van der Waals surface area contributed by atoms with E-state index >= 15 is 0 Å². The standard InChI is InChI=1S/C20H17ClN4O3/c21-13-4-3-5-14(9-13)23-18(26)11-25-19(27)17(24-20(25)28)8-12-10-22-16-7-2-1-6-15(12)16/h1-7,9-10,17,22H,8,11H2,(H,23,26)(H,24,28). The summed E-state index contributed by atoms with van der Waals surface area (Å²) in [5.41, 5.74) is 2.39. The number of nitrogens with zero attached hydrogens (tertiary/aromatic N) is 1. The van der Waals surface area contributed by atoms with Gasteiger partial charge in [0, 0.05) is 34.2 Å². The summed E-state index contributed by atoms with van der Waals surface area (Å²) in [5, 5.41) is 6.77. The molecule has 4 rings (SSSR count). The number of carbonyl (C=O) groups excluding carboxylic acids is 3. The van der Waals surface area contributed by atoms with Gasteiger partial charge in [-0.25, -0.2) is 4.79 Å². The fourth-order valence-corrected chi connectivity index (χ4v) is 3.49. The summed E-state index contributed by atoms with van der Waals surface area (Å²) in [6.45, 7) is -0.360. The lowest BCUT2D eigenvalue weighted by Crippen LogP contribution is -2.38. The number of nitrogens with one attached hydrogen (secondary N) is 3. The van der Waals surface area contributed by atoms with Crippen molar-refractivity contribution < 1.29 is 14.4 Å². The zero-order valence-corrected chi connectivity index (χ0v) is 15.5. The van der Waals surface area contributed by atoms with E-state index in [1.54, 1.807) is 24.3 Å². The van der Waals surface area contributed by atoms with Gasteiger partial charge in [-0.2, -0.15) is 0 Å². The van der Waals surface area contributed by atoms with E-state index in [0.29, 0.717) is 17.1 Å². The normalized spacial score (nSPS) is 16.5. The van der Waals surface area contributed by atoms with Crippen molar-refractivity contribution in [3.05, 3.63) is 65.3 Å². The van der Waals surface area contributed by atoms with Crippen LogP contribution < -0.4 is 10.6 Å². The summed E-state index contributed by atoms with van der Waals surface area (Å²) in [5.74, 6) is -0.893. The fourth-order valence-electron chi connectivity index (χ4n) is 3.30. The number of halogens is 1. The Morgan fingerprint density at radius 3 is 2.79 bits per heavy atom. The van der Waals surface area contributed by atoms with Crippen LogP contribution in [0.15, 0.2) is 54.7 Å². The van der Waals surface area contributed by atoms with E-state index in [1.165, 1.54) is 0 Å². The van der Waals surface area contributed by atoms with Gasteiger partial charge in [-0.1, -0.05) is 35.9 Å². The minimum atomic E-state index is -0.703. The number of imide groups is 1. The number of para-hydroxylation sites is 1. The van der Waals surface area contributed by atoms with Crippen molar-refractivity contribution in [2.45, 2.75) is 12.5 Å². The SMILES string of the molecule is O=C(CN1C(=O)NC(Cc2c[nH]c3ccccc23)C1=O)Nc1cccc(Cl)c1. The third-order valence-electron chi connectivity index (χ3n) is 4.62. The topological polar surface area (TPSA) is 94.3 Å². The van der Waals surface area contributed by atoms with Gasteiger partial charge in [0.15, 0.2) is 0 Å². The molecule has 0 bridgehead atoms. The molecule has 1 atom stereocenters. The number of hydrogen-bond donors (Lipinski definition) is 3. The highest BCUT2D eigenvalue weighted by atomic mass is 35.5. The molecule has 1 aromatic heterocycles. The molecule has 28 heavy (non-hydrogen) atoms. The van der Waals surface area contributed by atoms with Gasteiger partial charge in [-0.05, 0) is 29.8 Å². The first-order chi connectivity index (χ1) is 13.5. The maximum atomic E-state index is 12.7. The van der Waals surface area contributed by atoms with E-state index in [4.69, 9.17) is 11.6 Å². The maximum Gasteiger partial charge on any atom is 0.325 e. The fraction of sp³-hybridized carbons (Fsp3) is 0.150. The lowest BCUT2D eigenvalue weighted by Gasteiger charge is -2.13. The Morgan fingerprint density at radius 2 is 1.96 bits per heavy atom. The van der Waals surface area contributed by atoms with Crippen LogP contribution in [0, 0.1) is 0 Å². The predicted octanol–water partition coefficient (Wildman–Crippen LogP) is 2.92. The molecule has 1 aliphatic heterocycles. The largest absolute Gasteiger partial charge is 0.361 e. The quantitative estimate of drug-likeness (QED) is 0.579. The Morgan fingerprint density at radius 1 is 1.14 bits per heavy atom. The molecular weight excluding hydrogens is 380 g/mol. The number of carbonyl (C=O) groups is 3. The molecule has 8 heteroatoms. The third-order valence-corrected chi connectivity index (χ3v) is 4.85. The van der Waals surface area contributed by atoms with E-state index in [-0.39, 0.29) is 6.54 Å². The molecule has 3 N–H and O–H groups in total. The van der Waals surface area contributed by atoms with Crippen molar-refractivity contribution in [1.82, 2.24) is 15.2 Å². The number of urea groups is 1. The van der Waals surface area contributed by atoms with Gasteiger partial charge in [0.2, 0.25) is 5.91 Å². The zero-order chi connectivity index (χ0) is 19.7. The van der Waals surface area contributed by atoms with Crippen LogP contribution in [0.5, 0.6) is 0 Å². The van der Waals surface area contributed by atoms with Crippen LogP contribution in [-0.4, -0.2) is 40.3 Å². The van der Waals surface area contributed by atoms with Crippen LogP contribution in [0.25, 0.3) is 10.9 Å². The van der Waals surface area contributed by atoms with Crippen LogP contribution in [0.3, 0.4) is 0 Å². The minimum absolute atomic E-state index is 0.348. The van der Waals surface area contributed by atoms with Crippen LogP contribution in [0.4, 0.5) is 10.5 Å². The molecule has 0 radical (unpaired) electrons. The van der Waals surface area contributed by atoms with Gasteiger partial charge in [0.1, 0.15) is 12.6 Å². The molecule has 4 amide bonds. The van der Waals surface area contributed by atoms with Gasteiger partial charge in [0.05, 0.1) is 0 Å². The lowest BCUT2D eigenvalue weighted by molar-refractivity contribution is -0.130. The molecule has 0 aliphatic carbocycles. The Labute approximate surface area is 165 Å². The van der Waals surface area contributed by atoms with E-state index < -0.39 is 23.9 Å². The second kappa shape index (κ2) is 7.36. The zero-order valence-electron chi connectivity index (χ0n) is 14.7. The van der Waals surface area contributed by atoms with Gasteiger partial charge in [-0.15, -0.1) is 0 Å². The number of benzene rings is 2. The van der Waals surface area contributed by atoms with Crippen LogP contribution in [0.2, 0.25) is 5.02 Å². The van der Waals surface area contributed by atoms with Crippen molar-refractivity contribution in [3.8, 4) is 0 Å². The van der Waals surface area contributed by atoms with Crippen molar-refractivity contribution in [3.63, 3.8) is 0 Å². The molecule has 2 aromatic carbocycles. The molecule has 3 aromatic rings. The second-order valence-corrected chi connectivity index (χ2v) is 6.99. The van der Waals surface area contributed by atoms with Crippen molar-refractivity contribution in [2.24, 2.45) is 0 Å². The highest BCUT2D eigenvalue weighted by Crippen LogP contribution is 2.21. The first-order valence-electron chi connectivity index (χ1n) is 8.73. The highest BCUT2D eigenvalue weighted by Gasteiger charge is 2.39. The summed E-state index contributed by atoms with van der Waals surface area (Å²) in [6.07, 6.45) is 2.18. The molecule has 0 saturated carbocycles.